The van der Waals surface area contributed by atoms with E-state index in [9.17, 15) is 4.79 Å². The standard InChI is InChI=1S/C26H26N4O3S/c1-2-13-33-22-10-6-7-19(16-22)24-20(18-30(28-24)21-8-4-3-5-9-21)17-23-25(31)27-26(34-23)29-11-14-32-15-12-29/h3-10,16-18H,2,11-15H2,1H3. The van der Waals surface area contributed by atoms with Crippen LogP contribution in [-0.4, -0.2) is 58.7 Å². The molecule has 3 aromatic rings. The van der Waals surface area contributed by atoms with Crippen molar-refractivity contribution in [3.8, 4) is 22.7 Å². The highest BCUT2D eigenvalue weighted by atomic mass is 32.2. The van der Waals surface area contributed by atoms with Crippen molar-refractivity contribution in [1.29, 1.82) is 0 Å². The van der Waals surface area contributed by atoms with Crippen molar-refractivity contribution in [2.45, 2.75) is 13.3 Å². The third-order valence-electron chi connectivity index (χ3n) is 5.52. The molecular weight excluding hydrogens is 448 g/mol. The first-order valence-corrected chi connectivity index (χ1v) is 12.3. The van der Waals surface area contributed by atoms with Crippen LogP contribution in [0.4, 0.5) is 0 Å². The van der Waals surface area contributed by atoms with Gasteiger partial charge in [-0.3, -0.25) is 4.79 Å². The number of amides is 1. The molecule has 0 N–H and O–H groups in total. The van der Waals surface area contributed by atoms with Gasteiger partial charge in [-0.15, -0.1) is 0 Å². The zero-order chi connectivity index (χ0) is 23.3. The van der Waals surface area contributed by atoms with Crippen LogP contribution >= 0.6 is 11.8 Å². The number of nitrogens with zero attached hydrogens (tertiary/aromatic N) is 4. The molecule has 2 aromatic carbocycles. The van der Waals surface area contributed by atoms with Crippen LogP contribution in [0.2, 0.25) is 0 Å². The summed E-state index contributed by atoms with van der Waals surface area (Å²) in [5.74, 6) is 0.585. The maximum absolute atomic E-state index is 12.7. The monoisotopic (exact) mass is 474 g/mol. The van der Waals surface area contributed by atoms with Crippen LogP contribution in [0.5, 0.6) is 5.75 Å². The van der Waals surface area contributed by atoms with Crippen LogP contribution in [0.3, 0.4) is 0 Å². The molecule has 7 nitrogen and oxygen atoms in total. The molecule has 174 valence electrons. The van der Waals surface area contributed by atoms with Crippen LogP contribution in [0.1, 0.15) is 18.9 Å². The number of thioether (sulfide) groups is 1. The van der Waals surface area contributed by atoms with E-state index in [1.807, 2.05) is 71.6 Å². The average molecular weight is 475 g/mol. The summed E-state index contributed by atoms with van der Waals surface area (Å²) in [6, 6.07) is 17.9. The van der Waals surface area contributed by atoms with Crippen LogP contribution in [0, 0.1) is 0 Å². The minimum atomic E-state index is -0.218. The minimum Gasteiger partial charge on any atom is -0.494 e. The van der Waals surface area contributed by atoms with Gasteiger partial charge in [0, 0.05) is 30.4 Å². The molecule has 1 fully saturated rings. The van der Waals surface area contributed by atoms with Crippen LogP contribution < -0.4 is 4.74 Å². The summed E-state index contributed by atoms with van der Waals surface area (Å²) < 4.78 is 13.1. The van der Waals surface area contributed by atoms with Crippen LogP contribution in [0.25, 0.3) is 23.0 Å². The van der Waals surface area contributed by atoms with Crippen molar-refractivity contribution in [3.63, 3.8) is 0 Å². The second kappa shape index (κ2) is 10.3. The Labute approximate surface area is 203 Å². The Bertz CT molecular complexity index is 1230. The number of carbonyl (C=O) groups excluding carboxylic acids is 1. The molecule has 5 rings (SSSR count). The molecule has 8 heteroatoms. The van der Waals surface area contributed by atoms with Gasteiger partial charge < -0.3 is 14.4 Å². The molecule has 0 unspecified atom stereocenters. The molecule has 1 amide bonds. The molecule has 2 aliphatic heterocycles. The lowest BCUT2D eigenvalue weighted by Gasteiger charge is -2.27. The van der Waals surface area contributed by atoms with Crippen molar-refractivity contribution in [1.82, 2.24) is 14.7 Å². The largest absolute Gasteiger partial charge is 0.494 e. The maximum atomic E-state index is 12.7. The Balaban J connectivity index is 1.50. The number of para-hydroxylation sites is 1. The normalized spacial score (nSPS) is 17.3. The summed E-state index contributed by atoms with van der Waals surface area (Å²) in [5.41, 5.74) is 3.51. The first-order valence-electron chi connectivity index (χ1n) is 11.4. The Morgan fingerprint density at radius 3 is 2.74 bits per heavy atom. The molecule has 2 aliphatic rings. The predicted octanol–water partition coefficient (Wildman–Crippen LogP) is 4.63. The van der Waals surface area contributed by atoms with Gasteiger partial charge in [-0.2, -0.15) is 10.1 Å². The minimum absolute atomic E-state index is 0.218. The number of hydrogen-bond acceptors (Lipinski definition) is 6. The van der Waals surface area contributed by atoms with Gasteiger partial charge in [0.15, 0.2) is 5.17 Å². The van der Waals surface area contributed by atoms with Gasteiger partial charge in [-0.1, -0.05) is 37.3 Å². The Morgan fingerprint density at radius 1 is 1.12 bits per heavy atom. The number of hydrogen-bond donors (Lipinski definition) is 0. The molecule has 34 heavy (non-hydrogen) atoms. The molecular formula is C26H26N4O3S. The van der Waals surface area contributed by atoms with Crippen molar-refractivity contribution < 1.29 is 14.3 Å². The number of rotatable bonds is 6. The molecule has 0 spiro atoms. The molecule has 0 bridgehead atoms. The van der Waals surface area contributed by atoms with Gasteiger partial charge in [0.2, 0.25) is 0 Å². The Kier molecular flexibility index (Phi) is 6.78. The van der Waals surface area contributed by atoms with Gasteiger partial charge >= 0.3 is 0 Å². The fourth-order valence-electron chi connectivity index (χ4n) is 3.81. The van der Waals surface area contributed by atoms with E-state index in [4.69, 9.17) is 14.6 Å². The van der Waals surface area contributed by atoms with E-state index in [-0.39, 0.29) is 5.91 Å². The zero-order valence-corrected chi connectivity index (χ0v) is 19.8. The number of amidine groups is 1. The molecule has 0 radical (unpaired) electrons. The van der Waals surface area contributed by atoms with E-state index in [0.29, 0.717) is 24.7 Å². The number of ether oxygens (including phenoxy) is 2. The van der Waals surface area contributed by atoms with E-state index in [1.54, 1.807) is 0 Å². The quantitative estimate of drug-likeness (QED) is 0.485. The van der Waals surface area contributed by atoms with Crippen molar-refractivity contribution in [2.75, 3.05) is 32.9 Å². The van der Waals surface area contributed by atoms with Crippen molar-refractivity contribution in [2.24, 2.45) is 4.99 Å². The first kappa shape index (κ1) is 22.4. The highest BCUT2D eigenvalue weighted by molar-refractivity contribution is 8.18. The third-order valence-corrected chi connectivity index (χ3v) is 6.57. The van der Waals surface area contributed by atoms with Gasteiger partial charge in [0.1, 0.15) is 11.4 Å². The topological polar surface area (TPSA) is 68.9 Å². The van der Waals surface area contributed by atoms with Crippen LogP contribution in [0.15, 0.2) is 70.7 Å². The number of carbonyl (C=O) groups is 1. The summed E-state index contributed by atoms with van der Waals surface area (Å²) in [7, 11) is 0. The first-order chi connectivity index (χ1) is 16.7. The maximum Gasteiger partial charge on any atom is 0.286 e. The average Bonchev–Trinajstić information content (AvgIpc) is 3.48. The van der Waals surface area contributed by atoms with Gasteiger partial charge in [0.25, 0.3) is 5.91 Å². The predicted molar refractivity (Wildman–Crippen MR) is 135 cm³/mol. The summed E-state index contributed by atoms with van der Waals surface area (Å²) in [4.78, 5) is 19.7. The van der Waals surface area contributed by atoms with E-state index in [0.717, 1.165) is 52.9 Å². The molecule has 0 atom stereocenters. The number of aromatic nitrogens is 2. The fraction of sp³-hybridized carbons (Fsp3) is 0.269. The number of benzene rings is 2. The van der Waals surface area contributed by atoms with Gasteiger partial charge in [-0.05, 0) is 48.5 Å². The lowest BCUT2D eigenvalue weighted by atomic mass is 10.1. The number of aliphatic imine (C=N–C) groups is 1. The Hall–Kier alpha value is -3.36. The second-order valence-electron chi connectivity index (χ2n) is 8.00. The smallest absolute Gasteiger partial charge is 0.286 e. The molecule has 0 aliphatic carbocycles. The zero-order valence-electron chi connectivity index (χ0n) is 19.0. The lowest BCUT2D eigenvalue weighted by Crippen LogP contribution is -2.38. The highest BCUT2D eigenvalue weighted by Gasteiger charge is 2.28. The van der Waals surface area contributed by atoms with E-state index < -0.39 is 0 Å². The van der Waals surface area contributed by atoms with Crippen molar-refractivity contribution >= 4 is 28.9 Å². The van der Waals surface area contributed by atoms with E-state index in [1.165, 1.54) is 11.8 Å². The summed E-state index contributed by atoms with van der Waals surface area (Å²) in [5, 5.41) is 5.62. The van der Waals surface area contributed by atoms with E-state index >= 15 is 0 Å². The Morgan fingerprint density at radius 2 is 1.94 bits per heavy atom. The van der Waals surface area contributed by atoms with Crippen molar-refractivity contribution in [3.05, 3.63) is 71.3 Å². The van der Waals surface area contributed by atoms with Gasteiger partial charge in [-0.25, -0.2) is 4.68 Å². The lowest BCUT2D eigenvalue weighted by molar-refractivity contribution is -0.113. The SMILES string of the molecule is CCCOc1cccc(-c2nn(-c3ccccc3)cc2C=C2SC(N3CCOCC3)=NC2=O)c1. The summed E-state index contributed by atoms with van der Waals surface area (Å²) >= 11 is 1.41. The van der Waals surface area contributed by atoms with Gasteiger partial charge in [0.05, 0.1) is 30.4 Å². The van der Waals surface area contributed by atoms with E-state index in [2.05, 4.69) is 16.8 Å². The molecule has 0 saturated carbocycles. The summed E-state index contributed by atoms with van der Waals surface area (Å²) in [6.45, 7) is 5.53. The highest BCUT2D eigenvalue weighted by Crippen LogP contribution is 2.34. The number of morpholine rings is 1. The fourth-order valence-corrected chi connectivity index (χ4v) is 4.77. The summed E-state index contributed by atoms with van der Waals surface area (Å²) in [6.07, 6.45) is 4.79. The van der Waals surface area contributed by atoms with Crippen LogP contribution in [-0.2, 0) is 9.53 Å². The molecule has 1 saturated heterocycles. The second-order valence-corrected chi connectivity index (χ2v) is 9.01. The molecule has 1 aromatic heterocycles. The molecule has 3 heterocycles. The third kappa shape index (κ3) is 4.93.